The van der Waals surface area contributed by atoms with Crippen LogP contribution in [0.25, 0.3) is 0 Å². The molecule has 0 heterocycles. The van der Waals surface area contributed by atoms with Gasteiger partial charge in [0.15, 0.2) is 0 Å². The van der Waals surface area contributed by atoms with Gasteiger partial charge in [0.05, 0.1) is 19.8 Å². The number of aliphatic hydroxyl groups is 3. The topological polar surface area (TPSA) is 118 Å². The van der Waals surface area contributed by atoms with Crippen LogP contribution < -0.4 is 0 Å². The minimum atomic E-state index is -1.83. The molecular formula is C9H20O6. The highest BCUT2D eigenvalue weighted by Crippen LogP contribution is 2.22. The summed E-state index contributed by atoms with van der Waals surface area (Å²) in [6.45, 7) is 1.62. The third kappa shape index (κ3) is 9.45. The van der Waals surface area contributed by atoms with Crippen LogP contribution in [0, 0.1) is 5.41 Å². The quantitative estimate of drug-likeness (QED) is 0.444. The second-order valence-electron chi connectivity index (χ2n) is 3.36. The molecule has 15 heavy (non-hydrogen) atoms. The van der Waals surface area contributed by atoms with Gasteiger partial charge in [0.1, 0.15) is 0 Å². The first-order chi connectivity index (χ1) is 6.97. The Bertz CT molecular complexity index is 142. The number of aliphatic hydroxyl groups excluding tert-OH is 3. The molecule has 0 rings (SSSR count). The van der Waals surface area contributed by atoms with E-state index in [1.165, 1.54) is 0 Å². The van der Waals surface area contributed by atoms with Crippen molar-refractivity contribution < 1.29 is 30.3 Å². The van der Waals surface area contributed by atoms with Crippen molar-refractivity contribution in [3.63, 3.8) is 0 Å². The van der Waals surface area contributed by atoms with Crippen molar-refractivity contribution in [1.29, 1.82) is 0 Å². The average Bonchev–Trinajstić information content (AvgIpc) is 2.20. The van der Waals surface area contributed by atoms with Crippen molar-refractivity contribution in [3.05, 3.63) is 0 Å². The molecule has 0 aromatic carbocycles. The minimum Gasteiger partial charge on any atom is -0.450 e. The van der Waals surface area contributed by atoms with E-state index in [4.69, 9.17) is 30.3 Å². The number of carbonyl (C=O) groups is 1. The summed E-state index contributed by atoms with van der Waals surface area (Å²) < 4.78 is 0. The number of hydrogen-bond donors (Lipinski definition) is 5. The Kier molecular flexibility index (Phi) is 10.7. The van der Waals surface area contributed by atoms with Crippen LogP contribution in [-0.4, -0.2) is 51.5 Å². The van der Waals surface area contributed by atoms with E-state index >= 15 is 0 Å². The Hall–Kier alpha value is -0.850. The van der Waals surface area contributed by atoms with Crippen molar-refractivity contribution >= 4 is 6.16 Å². The van der Waals surface area contributed by atoms with Gasteiger partial charge in [-0.2, -0.15) is 0 Å². The summed E-state index contributed by atoms with van der Waals surface area (Å²) in [7, 11) is 0. The molecule has 6 heteroatoms. The second-order valence-corrected chi connectivity index (χ2v) is 3.36. The zero-order valence-corrected chi connectivity index (χ0v) is 8.89. The molecule has 0 aliphatic carbocycles. The highest BCUT2D eigenvalue weighted by atomic mass is 16.6. The normalized spacial score (nSPS) is 10.4. The molecule has 0 aliphatic rings. The molecule has 0 spiro atoms. The van der Waals surface area contributed by atoms with Crippen LogP contribution in [0.1, 0.15) is 26.2 Å². The lowest BCUT2D eigenvalue weighted by atomic mass is 9.85. The van der Waals surface area contributed by atoms with Crippen molar-refractivity contribution in [3.8, 4) is 0 Å². The summed E-state index contributed by atoms with van der Waals surface area (Å²) in [6.07, 6.45) is 0.802. The van der Waals surface area contributed by atoms with Crippen molar-refractivity contribution in [1.82, 2.24) is 0 Å². The molecule has 6 nitrogen and oxygen atoms in total. The van der Waals surface area contributed by atoms with Gasteiger partial charge >= 0.3 is 6.16 Å². The van der Waals surface area contributed by atoms with Gasteiger partial charge in [0, 0.05) is 5.41 Å². The molecule has 0 radical (unpaired) electrons. The molecule has 0 aliphatic heterocycles. The van der Waals surface area contributed by atoms with Crippen LogP contribution in [-0.2, 0) is 0 Å². The third-order valence-electron chi connectivity index (χ3n) is 2.07. The van der Waals surface area contributed by atoms with E-state index in [1.807, 2.05) is 6.92 Å². The summed E-state index contributed by atoms with van der Waals surface area (Å²) in [6, 6.07) is 0. The largest absolute Gasteiger partial charge is 0.503 e. The maximum atomic E-state index is 8.88. The average molecular weight is 224 g/mol. The second kappa shape index (κ2) is 9.70. The molecule has 0 fully saturated rings. The fourth-order valence-corrected chi connectivity index (χ4v) is 0.939. The van der Waals surface area contributed by atoms with E-state index in [0.717, 1.165) is 12.8 Å². The van der Waals surface area contributed by atoms with Gasteiger partial charge in [0.2, 0.25) is 0 Å². The van der Waals surface area contributed by atoms with E-state index < -0.39 is 11.6 Å². The molecule has 0 aromatic heterocycles. The van der Waals surface area contributed by atoms with Crippen LogP contribution in [0.15, 0.2) is 0 Å². The van der Waals surface area contributed by atoms with Gasteiger partial charge in [-0.25, -0.2) is 4.79 Å². The van der Waals surface area contributed by atoms with Gasteiger partial charge in [0.25, 0.3) is 0 Å². The first-order valence-corrected chi connectivity index (χ1v) is 4.72. The molecule has 0 amide bonds. The van der Waals surface area contributed by atoms with E-state index in [0.29, 0.717) is 6.42 Å². The molecule has 92 valence electrons. The summed E-state index contributed by atoms with van der Waals surface area (Å²) in [5.74, 6) is 0. The van der Waals surface area contributed by atoms with Crippen molar-refractivity contribution in [2.45, 2.75) is 26.2 Å². The fourth-order valence-electron chi connectivity index (χ4n) is 0.939. The van der Waals surface area contributed by atoms with Gasteiger partial charge in [-0.3, -0.25) is 0 Å². The lowest BCUT2D eigenvalue weighted by Gasteiger charge is -2.26. The molecule has 0 bridgehead atoms. The predicted molar refractivity (Wildman–Crippen MR) is 53.9 cm³/mol. The maximum Gasteiger partial charge on any atom is 0.503 e. The summed E-state index contributed by atoms with van der Waals surface area (Å²) in [5, 5.41) is 40.6. The first kappa shape index (κ1) is 16.6. The smallest absolute Gasteiger partial charge is 0.450 e. The van der Waals surface area contributed by atoms with Crippen LogP contribution in [0.3, 0.4) is 0 Å². The van der Waals surface area contributed by atoms with E-state index in [2.05, 4.69) is 0 Å². The standard InChI is InChI=1S/C8H18O3.CH2O3/c1-2-3-4-8(5-9,6-10)7-11;2-1(3)4/h9-11H,2-7H2,1H3;(H2,2,3,4). The first-order valence-electron chi connectivity index (χ1n) is 4.72. The van der Waals surface area contributed by atoms with Crippen LogP contribution in [0.5, 0.6) is 0 Å². The van der Waals surface area contributed by atoms with Gasteiger partial charge < -0.3 is 25.5 Å². The van der Waals surface area contributed by atoms with Crippen molar-refractivity contribution in [2.24, 2.45) is 5.41 Å². The lowest BCUT2D eigenvalue weighted by Crippen LogP contribution is -2.33. The highest BCUT2D eigenvalue weighted by Gasteiger charge is 2.26. The molecule has 5 N–H and O–H groups in total. The number of carboxylic acid groups (broad SMARTS) is 2. The summed E-state index contributed by atoms with van der Waals surface area (Å²) in [4.78, 5) is 8.56. The van der Waals surface area contributed by atoms with Crippen LogP contribution in [0.2, 0.25) is 0 Å². The Balaban J connectivity index is 0. The Morgan fingerprint density at radius 2 is 1.40 bits per heavy atom. The molecular weight excluding hydrogens is 204 g/mol. The fraction of sp³-hybridized carbons (Fsp3) is 0.889. The predicted octanol–water partition coefficient (Wildman–Crippen LogP) is 0.362. The Morgan fingerprint density at radius 3 is 1.60 bits per heavy atom. The number of unbranched alkanes of at least 4 members (excludes halogenated alkanes) is 1. The maximum absolute atomic E-state index is 8.88. The summed E-state index contributed by atoms with van der Waals surface area (Å²) in [5.41, 5.74) is -0.657. The van der Waals surface area contributed by atoms with E-state index in [-0.39, 0.29) is 19.8 Å². The molecule has 0 unspecified atom stereocenters. The zero-order valence-electron chi connectivity index (χ0n) is 8.89. The minimum absolute atomic E-state index is 0.139. The Labute approximate surface area is 88.8 Å². The SMILES string of the molecule is CCCCC(CO)(CO)CO.O=C(O)O. The van der Waals surface area contributed by atoms with E-state index in [1.54, 1.807) is 0 Å². The Morgan fingerprint density at radius 1 is 1.07 bits per heavy atom. The zero-order chi connectivity index (χ0) is 12.3. The summed E-state index contributed by atoms with van der Waals surface area (Å²) >= 11 is 0. The molecule has 0 atom stereocenters. The molecule has 0 aromatic rings. The monoisotopic (exact) mass is 224 g/mol. The molecule has 0 saturated heterocycles. The van der Waals surface area contributed by atoms with Gasteiger partial charge in [-0.05, 0) is 6.42 Å². The molecule has 0 saturated carbocycles. The number of hydrogen-bond acceptors (Lipinski definition) is 4. The van der Waals surface area contributed by atoms with Gasteiger partial charge in [-0.15, -0.1) is 0 Å². The number of rotatable bonds is 6. The van der Waals surface area contributed by atoms with Crippen LogP contribution >= 0.6 is 0 Å². The van der Waals surface area contributed by atoms with E-state index in [9.17, 15) is 0 Å². The van der Waals surface area contributed by atoms with Crippen molar-refractivity contribution in [2.75, 3.05) is 19.8 Å². The van der Waals surface area contributed by atoms with Gasteiger partial charge in [-0.1, -0.05) is 19.8 Å². The third-order valence-corrected chi connectivity index (χ3v) is 2.07. The highest BCUT2D eigenvalue weighted by molar-refractivity contribution is 5.53. The van der Waals surface area contributed by atoms with Crippen LogP contribution in [0.4, 0.5) is 4.79 Å². The lowest BCUT2D eigenvalue weighted by molar-refractivity contribution is -0.00197.